The largest absolute Gasteiger partial charge is 0.471 e. The molecule has 0 radical (unpaired) electrons. The average molecular weight is 209 g/mol. The Hall–Kier alpha value is -1.89. The van der Waals surface area contributed by atoms with Crippen molar-refractivity contribution in [3.63, 3.8) is 0 Å². The summed E-state index contributed by atoms with van der Waals surface area (Å²) in [5, 5.41) is 8.86. The van der Waals surface area contributed by atoms with E-state index in [1.807, 2.05) is 0 Å². The van der Waals surface area contributed by atoms with Crippen molar-refractivity contribution in [3.8, 4) is 5.88 Å². The van der Waals surface area contributed by atoms with Crippen molar-refractivity contribution < 1.29 is 9.84 Å². The number of nitrogens with one attached hydrogen (secondary N) is 1. The van der Waals surface area contributed by atoms with E-state index in [-0.39, 0.29) is 18.7 Å². The molecule has 1 unspecified atom stereocenters. The topological polar surface area (TPSA) is 110 Å². The Morgan fingerprint density at radius 3 is 3.13 bits per heavy atom. The first-order valence-electron chi connectivity index (χ1n) is 4.45. The molecule has 0 saturated heterocycles. The second-order valence-corrected chi connectivity index (χ2v) is 3.10. The molecule has 0 aliphatic rings. The molecule has 0 amide bonds. The SMILES string of the molecule is CC(CO)Oc1nc(N)nc2nc[nH]c12. The van der Waals surface area contributed by atoms with E-state index in [1.54, 1.807) is 6.92 Å². The maximum absolute atomic E-state index is 8.86. The molecule has 1 atom stereocenters. The van der Waals surface area contributed by atoms with Crippen molar-refractivity contribution in [3.05, 3.63) is 6.33 Å². The highest BCUT2D eigenvalue weighted by Gasteiger charge is 2.12. The Morgan fingerprint density at radius 1 is 1.60 bits per heavy atom. The summed E-state index contributed by atoms with van der Waals surface area (Å²) in [5.41, 5.74) is 6.50. The standard InChI is InChI=1S/C8H11N5O2/c1-4(2-14)15-7-5-6(11-3-10-5)12-8(9)13-7/h3-4,14H,2H2,1H3,(H3,9,10,11,12,13). The number of nitrogens with two attached hydrogens (primary N) is 1. The van der Waals surface area contributed by atoms with E-state index < -0.39 is 0 Å². The summed E-state index contributed by atoms with van der Waals surface area (Å²) in [6, 6.07) is 0. The van der Waals surface area contributed by atoms with Gasteiger partial charge in [-0.2, -0.15) is 9.97 Å². The second kappa shape index (κ2) is 3.70. The van der Waals surface area contributed by atoms with Crippen LogP contribution in [-0.2, 0) is 0 Å². The van der Waals surface area contributed by atoms with Crippen LogP contribution in [0.25, 0.3) is 11.2 Å². The van der Waals surface area contributed by atoms with Gasteiger partial charge in [0.15, 0.2) is 5.65 Å². The van der Waals surface area contributed by atoms with Gasteiger partial charge in [-0.05, 0) is 6.92 Å². The lowest BCUT2D eigenvalue weighted by Crippen LogP contribution is -2.17. The number of hydrogen-bond acceptors (Lipinski definition) is 6. The molecule has 0 fully saturated rings. The van der Waals surface area contributed by atoms with Gasteiger partial charge in [0.05, 0.1) is 12.9 Å². The fraction of sp³-hybridized carbons (Fsp3) is 0.375. The van der Waals surface area contributed by atoms with Crippen LogP contribution in [0.4, 0.5) is 5.95 Å². The Labute approximate surface area is 85.3 Å². The number of nitrogen functional groups attached to an aromatic ring is 1. The lowest BCUT2D eigenvalue weighted by molar-refractivity contribution is 0.126. The van der Waals surface area contributed by atoms with Crippen LogP contribution in [0, 0.1) is 0 Å². The maximum Gasteiger partial charge on any atom is 0.245 e. The van der Waals surface area contributed by atoms with E-state index in [0.29, 0.717) is 17.0 Å². The summed E-state index contributed by atoms with van der Waals surface area (Å²) in [6.45, 7) is 1.63. The summed E-state index contributed by atoms with van der Waals surface area (Å²) in [4.78, 5) is 14.6. The second-order valence-electron chi connectivity index (χ2n) is 3.10. The number of anilines is 1. The molecule has 7 heteroatoms. The van der Waals surface area contributed by atoms with Crippen molar-refractivity contribution in [1.82, 2.24) is 19.9 Å². The first-order valence-corrected chi connectivity index (χ1v) is 4.45. The highest BCUT2D eigenvalue weighted by Crippen LogP contribution is 2.20. The van der Waals surface area contributed by atoms with Crippen molar-refractivity contribution in [1.29, 1.82) is 0 Å². The Kier molecular flexibility index (Phi) is 2.38. The van der Waals surface area contributed by atoms with Crippen LogP contribution in [0.5, 0.6) is 5.88 Å². The van der Waals surface area contributed by atoms with Gasteiger partial charge in [0.25, 0.3) is 0 Å². The summed E-state index contributed by atoms with van der Waals surface area (Å²) in [7, 11) is 0. The predicted octanol–water partition coefficient (Wildman–Crippen LogP) is -0.305. The van der Waals surface area contributed by atoms with Crippen molar-refractivity contribution >= 4 is 17.1 Å². The van der Waals surface area contributed by atoms with Crippen molar-refractivity contribution in [2.75, 3.05) is 12.3 Å². The Morgan fingerprint density at radius 2 is 2.40 bits per heavy atom. The molecule has 2 aromatic rings. The Bertz CT molecular complexity index is 469. The van der Waals surface area contributed by atoms with E-state index in [9.17, 15) is 0 Å². The number of hydrogen-bond donors (Lipinski definition) is 3. The van der Waals surface area contributed by atoms with Gasteiger partial charge in [-0.3, -0.25) is 0 Å². The van der Waals surface area contributed by atoms with Gasteiger partial charge in [0.1, 0.15) is 11.6 Å². The van der Waals surface area contributed by atoms with Gasteiger partial charge >= 0.3 is 0 Å². The zero-order valence-corrected chi connectivity index (χ0v) is 8.14. The number of aromatic amines is 1. The molecule has 4 N–H and O–H groups in total. The van der Waals surface area contributed by atoms with Crippen LogP contribution in [0.1, 0.15) is 6.92 Å². The van der Waals surface area contributed by atoms with Gasteiger partial charge in [-0.25, -0.2) is 4.98 Å². The van der Waals surface area contributed by atoms with Gasteiger partial charge in [0.2, 0.25) is 11.8 Å². The predicted molar refractivity (Wildman–Crippen MR) is 53.3 cm³/mol. The van der Waals surface area contributed by atoms with Crippen LogP contribution in [0.2, 0.25) is 0 Å². The van der Waals surface area contributed by atoms with Gasteiger partial charge in [-0.15, -0.1) is 0 Å². The first-order chi connectivity index (χ1) is 7.20. The minimum Gasteiger partial charge on any atom is -0.471 e. The maximum atomic E-state index is 8.86. The molecule has 0 aliphatic carbocycles. The molecule has 0 saturated carbocycles. The zero-order valence-electron chi connectivity index (χ0n) is 8.14. The number of aliphatic hydroxyl groups excluding tert-OH is 1. The number of H-pyrrole nitrogens is 1. The number of aliphatic hydroxyl groups is 1. The van der Waals surface area contributed by atoms with Crippen LogP contribution in [-0.4, -0.2) is 37.8 Å². The van der Waals surface area contributed by atoms with Crippen LogP contribution in [0.15, 0.2) is 6.33 Å². The normalized spacial score (nSPS) is 12.9. The third-order valence-corrected chi connectivity index (χ3v) is 1.84. The van der Waals surface area contributed by atoms with Crippen LogP contribution >= 0.6 is 0 Å². The van der Waals surface area contributed by atoms with E-state index in [1.165, 1.54) is 6.33 Å². The molecule has 2 rings (SSSR count). The Balaban J connectivity index is 2.44. The minimum atomic E-state index is -0.356. The summed E-state index contributed by atoms with van der Waals surface area (Å²) >= 11 is 0. The average Bonchev–Trinajstić information content (AvgIpc) is 2.65. The number of ether oxygens (including phenoxy) is 1. The fourth-order valence-electron chi connectivity index (χ4n) is 1.14. The number of nitrogens with zero attached hydrogens (tertiary/aromatic N) is 3. The fourth-order valence-corrected chi connectivity index (χ4v) is 1.14. The number of aromatic nitrogens is 4. The summed E-state index contributed by atoms with van der Waals surface area (Å²) in [5.74, 6) is 0.395. The molecule has 2 aromatic heterocycles. The molecular formula is C8H11N5O2. The lowest BCUT2D eigenvalue weighted by Gasteiger charge is -2.11. The summed E-state index contributed by atoms with van der Waals surface area (Å²) in [6.07, 6.45) is 1.13. The number of imidazole rings is 1. The van der Waals surface area contributed by atoms with Crippen molar-refractivity contribution in [2.24, 2.45) is 0 Å². The lowest BCUT2D eigenvalue weighted by atomic mass is 10.4. The van der Waals surface area contributed by atoms with Crippen LogP contribution < -0.4 is 10.5 Å². The molecule has 0 spiro atoms. The quantitative estimate of drug-likeness (QED) is 0.639. The molecule has 80 valence electrons. The van der Waals surface area contributed by atoms with E-state index in [4.69, 9.17) is 15.6 Å². The number of fused-ring (bicyclic) bond motifs is 1. The molecule has 15 heavy (non-hydrogen) atoms. The molecule has 0 aromatic carbocycles. The highest BCUT2D eigenvalue weighted by atomic mass is 16.5. The van der Waals surface area contributed by atoms with E-state index in [2.05, 4.69) is 19.9 Å². The third kappa shape index (κ3) is 1.82. The minimum absolute atomic E-state index is 0.0924. The molecule has 0 bridgehead atoms. The van der Waals surface area contributed by atoms with E-state index in [0.717, 1.165) is 0 Å². The summed E-state index contributed by atoms with van der Waals surface area (Å²) < 4.78 is 5.36. The van der Waals surface area contributed by atoms with Gasteiger partial charge < -0.3 is 20.6 Å². The third-order valence-electron chi connectivity index (χ3n) is 1.84. The highest BCUT2D eigenvalue weighted by molar-refractivity contribution is 5.76. The van der Waals surface area contributed by atoms with Gasteiger partial charge in [0, 0.05) is 0 Å². The smallest absolute Gasteiger partial charge is 0.245 e. The van der Waals surface area contributed by atoms with Gasteiger partial charge in [-0.1, -0.05) is 0 Å². The van der Waals surface area contributed by atoms with Crippen LogP contribution in [0.3, 0.4) is 0 Å². The molecule has 0 aliphatic heterocycles. The molecular weight excluding hydrogens is 198 g/mol. The molecule has 2 heterocycles. The van der Waals surface area contributed by atoms with Crippen molar-refractivity contribution in [2.45, 2.75) is 13.0 Å². The first kappa shape index (κ1) is 9.66. The number of rotatable bonds is 3. The monoisotopic (exact) mass is 209 g/mol. The van der Waals surface area contributed by atoms with E-state index >= 15 is 0 Å². The molecule has 7 nitrogen and oxygen atoms in total. The zero-order chi connectivity index (χ0) is 10.8.